The summed E-state index contributed by atoms with van der Waals surface area (Å²) < 4.78 is 11.5. The molecule has 3 rings (SSSR count). The summed E-state index contributed by atoms with van der Waals surface area (Å²) in [6, 6.07) is 10.3. The van der Waals surface area contributed by atoms with E-state index in [-0.39, 0.29) is 11.7 Å². The molecule has 2 aromatic carbocycles. The molecule has 0 bridgehead atoms. The van der Waals surface area contributed by atoms with Crippen LogP contribution in [-0.4, -0.2) is 35.9 Å². The van der Waals surface area contributed by atoms with Gasteiger partial charge in [-0.2, -0.15) is 10.1 Å². The molecule has 0 unspecified atom stereocenters. The highest BCUT2D eigenvalue weighted by molar-refractivity contribution is 9.10. The van der Waals surface area contributed by atoms with Crippen molar-refractivity contribution >= 4 is 56.9 Å². The van der Waals surface area contributed by atoms with Gasteiger partial charge in [-0.15, -0.1) is 0 Å². The number of ether oxygens (including phenoxy) is 2. The van der Waals surface area contributed by atoms with Gasteiger partial charge in [0.15, 0.2) is 18.1 Å². The van der Waals surface area contributed by atoms with Gasteiger partial charge in [-0.25, -0.2) is 4.79 Å². The third-order valence-corrected chi connectivity index (χ3v) is 5.16. The molecule has 0 saturated carbocycles. The summed E-state index contributed by atoms with van der Waals surface area (Å²) in [5.74, 6) is -0.745. The molecule has 1 N–H and O–H groups in total. The molecule has 0 saturated heterocycles. The highest BCUT2D eigenvalue weighted by atomic mass is 79.9. The van der Waals surface area contributed by atoms with Crippen LogP contribution in [0.1, 0.15) is 19.4 Å². The van der Waals surface area contributed by atoms with Crippen LogP contribution in [0.4, 0.5) is 5.69 Å². The highest BCUT2D eigenvalue weighted by Gasteiger charge is 2.30. The number of carbonyl (C=O) groups is 2. The van der Waals surface area contributed by atoms with Gasteiger partial charge in [-0.1, -0.05) is 39.7 Å². The minimum Gasteiger partial charge on any atom is -0.490 e. The molecule has 1 heterocycles. The fourth-order valence-electron chi connectivity index (χ4n) is 2.81. The second kappa shape index (κ2) is 9.32. The van der Waals surface area contributed by atoms with Crippen LogP contribution < -0.4 is 14.5 Å². The Hall–Kier alpha value is -2.84. The van der Waals surface area contributed by atoms with Gasteiger partial charge in [-0.05, 0) is 49.8 Å². The molecular weight excluding hydrogens is 476 g/mol. The third kappa shape index (κ3) is 4.66. The van der Waals surface area contributed by atoms with E-state index in [1.165, 1.54) is 5.01 Å². The lowest BCUT2D eigenvalue weighted by Crippen LogP contribution is -2.21. The molecule has 2 aromatic rings. The van der Waals surface area contributed by atoms with Crippen molar-refractivity contribution in [3.8, 4) is 11.5 Å². The van der Waals surface area contributed by atoms with Crippen molar-refractivity contribution in [1.82, 2.24) is 0 Å². The quantitative estimate of drug-likeness (QED) is 0.561. The zero-order valence-electron chi connectivity index (χ0n) is 16.2. The van der Waals surface area contributed by atoms with Crippen LogP contribution in [0.3, 0.4) is 0 Å². The zero-order chi connectivity index (χ0) is 21.8. The number of hydrazone groups is 1. The topological polar surface area (TPSA) is 88.4 Å². The minimum absolute atomic E-state index is 0.286. The molecule has 0 fully saturated rings. The van der Waals surface area contributed by atoms with Crippen LogP contribution in [0.2, 0.25) is 5.02 Å². The number of para-hydroxylation sites is 1. The van der Waals surface area contributed by atoms with Crippen molar-refractivity contribution in [2.45, 2.75) is 13.8 Å². The van der Waals surface area contributed by atoms with Gasteiger partial charge in [0.25, 0.3) is 5.91 Å². The molecule has 156 valence electrons. The van der Waals surface area contributed by atoms with Crippen molar-refractivity contribution in [3.05, 3.63) is 57.0 Å². The first-order valence-electron chi connectivity index (χ1n) is 8.99. The van der Waals surface area contributed by atoms with Crippen molar-refractivity contribution in [3.63, 3.8) is 0 Å². The van der Waals surface area contributed by atoms with Gasteiger partial charge in [0.2, 0.25) is 0 Å². The maximum absolute atomic E-state index is 13.0. The second-order valence-corrected chi connectivity index (χ2v) is 7.51. The number of carboxylic acids is 1. The van der Waals surface area contributed by atoms with Crippen molar-refractivity contribution < 1.29 is 24.2 Å². The first kappa shape index (κ1) is 21.9. The zero-order valence-corrected chi connectivity index (χ0v) is 18.5. The fraction of sp³-hybridized carbons (Fsp3) is 0.190. The summed E-state index contributed by atoms with van der Waals surface area (Å²) in [6.07, 6.45) is 1.69. The molecule has 0 aliphatic carbocycles. The van der Waals surface area contributed by atoms with E-state index in [0.29, 0.717) is 44.4 Å². The lowest BCUT2D eigenvalue weighted by atomic mass is 10.1. The molecule has 0 radical (unpaired) electrons. The molecule has 0 atom stereocenters. The molecule has 0 spiro atoms. The molecule has 1 aliphatic rings. The molecular formula is C21H18BrClN2O5. The standard InChI is InChI=1S/C21H18BrClN2O5/c1-3-29-18-9-13(15(22)10-19(18)30-11-20(26)27)8-14-12(2)24-25(21(14)28)17-7-5-4-6-16(17)23/h4-10H,3,11H2,1-2H3,(H,26,27)/b14-8-. The number of hydrogen-bond acceptors (Lipinski definition) is 5. The number of anilines is 1. The van der Waals surface area contributed by atoms with Crippen LogP contribution in [0, 0.1) is 0 Å². The minimum atomic E-state index is -1.09. The van der Waals surface area contributed by atoms with Crippen molar-refractivity contribution in [1.29, 1.82) is 0 Å². The first-order valence-corrected chi connectivity index (χ1v) is 10.2. The van der Waals surface area contributed by atoms with Crippen molar-refractivity contribution in [2.75, 3.05) is 18.2 Å². The largest absolute Gasteiger partial charge is 0.490 e. The monoisotopic (exact) mass is 492 g/mol. The number of carbonyl (C=O) groups excluding carboxylic acids is 1. The second-order valence-electron chi connectivity index (χ2n) is 6.25. The van der Waals surface area contributed by atoms with E-state index in [0.717, 1.165) is 0 Å². The molecule has 30 heavy (non-hydrogen) atoms. The lowest BCUT2D eigenvalue weighted by molar-refractivity contribution is -0.139. The number of rotatable bonds is 7. The molecule has 1 aliphatic heterocycles. The van der Waals surface area contributed by atoms with Gasteiger partial charge >= 0.3 is 5.97 Å². The van der Waals surface area contributed by atoms with Crippen LogP contribution in [0.5, 0.6) is 11.5 Å². The Labute approximate surface area is 186 Å². The van der Waals surface area contributed by atoms with E-state index in [1.807, 2.05) is 0 Å². The average Bonchev–Trinajstić information content (AvgIpc) is 2.97. The van der Waals surface area contributed by atoms with Gasteiger partial charge in [0.1, 0.15) is 0 Å². The van der Waals surface area contributed by atoms with Gasteiger partial charge < -0.3 is 14.6 Å². The molecule has 1 amide bonds. The maximum Gasteiger partial charge on any atom is 0.341 e. The Balaban J connectivity index is 1.97. The smallest absolute Gasteiger partial charge is 0.341 e. The van der Waals surface area contributed by atoms with E-state index in [9.17, 15) is 9.59 Å². The molecule has 0 aromatic heterocycles. The average molecular weight is 494 g/mol. The van der Waals surface area contributed by atoms with E-state index < -0.39 is 12.6 Å². The van der Waals surface area contributed by atoms with E-state index in [4.69, 9.17) is 26.2 Å². The Morgan fingerprint density at radius 2 is 1.97 bits per heavy atom. The van der Waals surface area contributed by atoms with Crippen LogP contribution in [-0.2, 0) is 9.59 Å². The Morgan fingerprint density at radius 1 is 1.27 bits per heavy atom. The summed E-state index contributed by atoms with van der Waals surface area (Å²) in [6.45, 7) is 3.41. The number of aliphatic carboxylic acids is 1. The predicted molar refractivity (Wildman–Crippen MR) is 118 cm³/mol. The number of halogens is 2. The van der Waals surface area contributed by atoms with Crippen LogP contribution in [0.25, 0.3) is 6.08 Å². The first-order chi connectivity index (χ1) is 14.3. The molecule has 7 nitrogen and oxygen atoms in total. The summed E-state index contributed by atoms with van der Waals surface area (Å²) in [5, 5.41) is 14.9. The van der Waals surface area contributed by atoms with E-state index in [1.54, 1.807) is 56.3 Å². The third-order valence-electron chi connectivity index (χ3n) is 4.16. The maximum atomic E-state index is 13.0. The number of carboxylic acid groups (broad SMARTS) is 1. The Kier molecular flexibility index (Phi) is 6.79. The number of amides is 1. The van der Waals surface area contributed by atoms with Gasteiger partial charge in [0.05, 0.1) is 28.6 Å². The lowest BCUT2D eigenvalue weighted by Gasteiger charge is -2.14. The Bertz CT molecular complexity index is 1070. The summed E-state index contributed by atoms with van der Waals surface area (Å²) >= 11 is 9.66. The van der Waals surface area contributed by atoms with Crippen LogP contribution in [0.15, 0.2) is 51.5 Å². The van der Waals surface area contributed by atoms with Gasteiger partial charge in [-0.3, -0.25) is 4.79 Å². The number of benzene rings is 2. The SMILES string of the molecule is CCOc1cc(/C=C2\C(=O)N(c3ccccc3Cl)N=C2C)c(Br)cc1OCC(=O)O. The number of nitrogens with zero attached hydrogens (tertiary/aromatic N) is 2. The van der Waals surface area contributed by atoms with E-state index in [2.05, 4.69) is 21.0 Å². The highest BCUT2D eigenvalue weighted by Crippen LogP contribution is 2.36. The van der Waals surface area contributed by atoms with E-state index >= 15 is 0 Å². The van der Waals surface area contributed by atoms with Crippen LogP contribution >= 0.6 is 27.5 Å². The Morgan fingerprint density at radius 3 is 2.63 bits per heavy atom. The fourth-order valence-corrected chi connectivity index (χ4v) is 3.46. The number of hydrogen-bond donors (Lipinski definition) is 1. The molecule has 9 heteroatoms. The predicted octanol–water partition coefficient (Wildman–Crippen LogP) is 4.77. The summed E-state index contributed by atoms with van der Waals surface area (Å²) in [5.41, 5.74) is 2.09. The normalized spacial score (nSPS) is 14.8. The van der Waals surface area contributed by atoms with Crippen molar-refractivity contribution in [2.24, 2.45) is 5.10 Å². The van der Waals surface area contributed by atoms with Gasteiger partial charge in [0, 0.05) is 4.47 Å². The summed E-state index contributed by atoms with van der Waals surface area (Å²) in [4.78, 5) is 23.8. The summed E-state index contributed by atoms with van der Waals surface area (Å²) in [7, 11) is 0.